The van der Waals surface area contributed by atoms with E-state index in [1.54, 1.807) is 6.92 Å². The van der Waals surface area contributed by atoms with Gasteiger partial charge in [0.2, 0.25) is 0 Å². The molecule has 19 heavy (non-hydrogen) atoms. The third kappa shape index (κ3) is 2.57. The van der Waals surface area contributed by atoms with Gasteiger partial charge in [0.25, 0.3) is 0 Å². The number of ether oxygens (including phenoxy) is 1. The third-order valence-corrected chi connectivity index (χ3v) is 2.97. The molecule has 0 aliphatic heterocycles. The van der Waals surface area contributed by atoms with Crippen molar-refractivity contribution in [3.63, 3.8) is 0 Å². The Morgan fingerprint density at radius 3 is 2.79 bits per heavy atom. The van der Waals surface area contributed by atoms with Gasteiger partial charge in [0.15, 0.2) is 6.29 Å². The number of carbonyl (C=O) groups is 2. The van der Waals surface area contributed by atoms with Crippen LogP contribution in [0, 0.1) is 0 Å². The number of anilines is 1. The Morgan fingerprint density at radius 2 is 2.11 bits per heavy atom. The number of carbonyl (C=O) groups excluding carboxylic acids is 2. The van der Waals surface area contributed by atoms with Crippen LogP contribution in [0.2, 0.25) is 0 Å². The van der Waals surface area contributed by atoms with Gasteiger partial charge < -0.3 is 10.5 Å². The summed E-state index contributed by atoms with van der Waals surface area (Å²) in [5, 5.41) is 1.68. The lowest BCUT2D eigenvalue weighted by atomic mass is 9.97. The first kappa shape index (κ1) is 13.1. The number of benzene rings is 2. The number of esters is 1. The van der Waals surface area contributed by atoms with Crippen LogP contribution in [0.25, 0.3) is 10.8 Å². The molecule has 2 rings (SSSR count). The highest BCUT2D eigenvalue weighted by Gasteiger charge is 2.13. The fraction of sp³-hybridized carbons (Fsp3) is 0.200. The Hall–Kier alpha value is -2.36. The summed E-state index contributed by atoms with van der Waals surface area (Å²) >= 11 is 0. The standard InChI is InChI=1S/C15H15NO3/c1-2-19-14(18)8-11-7-10-5-3-4-6-12(10)13(9-17)15(11)16/h3-7,9H,2,8,16H2,1H3. The van der Waals surface area contributed by atoms with Gasteiger partial charge in [0.05, 0.1) is 13.0 Å². The van der Waals surface area contributed by atoms with Crippen LogP contribution in [0.4, 0.5) is 5.69 Å². The van der Waals surface area contributed by atoms with Crippen molar-refractivity contribution in [3.05, 3.63) is 41.5 Å². The number of nitrogens with two attached hydrogens (primary N) is 1. The minimum atomic E-state index is -0.346. The van der Waals surface area contributed by atoms with Crippen molar-refractivity contribution in [2.45, 2.75) is 13.3 Å². The number of nitrogen functional groups attached to an aromatic ring is 1. The van der Waals surface area contributed by atoms with Gasteiger partial charge in [-0.2, -0.15) is 0 Å². The Labute approximate surface area is 111 Å². The van der Waals surface area contributed by atoms with Gasteiger partial charge in [-0.05, 0) is 29.3 Å². The van der Waals surface area contributed by atoms with Gasteiger partial charge >= 0.3 is 5.97 Å². The summed E-state index contributed by atoms with van der Waals surface area (Å²) in [4.78, 5) is 22.7. The maximum absolute atomic E-state index is 11.5. The lowest BCUT2D eigenvalue weighted by molar-refractivity contribution is -0.142. The van der Waals surface area contributed by atoms with Crippen LogP contribution in [0.1, 0.15) is 22.8 Å². The molecule has 2 N–H and O–H groups in total. The number of hydrogen-bond acceptors (Lipinski definition) is 4. The van der Waals surface area contributed by atoms with E-state index < -0.39 is 0 Å². The molecule has 0 radical (unpaired) electrons. The fourth-order valence-electron chi connectivity index (χ4n) is 2.09. The first-order valence-corrected chi connectivity index (χ1v) is 6.08. The molecule has 0 heterocycles. The van der Waals surface area contributed by atoms with Crippen LogP contribution in [0.5, 0.6) is 0 Å². The second-order valence-corrected chi connectivity index (χ2v) is 4.18. The van der Waals surface area contributed by atoms with E-state index in [0.717, 1.165) is 17.1 Å². The number of hydrogen-bond donors (Lipinski definition) is 1. The molecule has 0 aliphatic carbocycles. The molecule has 2 aromatic rings. The number of rotatable bonds is 4. The van der Waals surface area contributed by atoms with Gasteiger partial charge in [0, 0.05) is 11.3 Å². The van der Waals surface area contributed by atoms with Crippen molar-refractivity contribution in [3.8, 4) is 0 Å². The molecular weight excluding hydrogens is 242 g/mol. The van der Waals surface area contributed by atoms with Crippen LogP contribution in [-0.2, 0) is 16.0 Å². The Morgan fingerprint density at radius 1 is 1.37 bits per heavy atom. The average Bonchev–Trinajstić information content (AvgIpc) is 2.40. The van der Waals surface area contributed by atoms with E-state index in [1.807, 2.05) is 30.3 Å². The summed E-state index contributed by atoms with van der Waals surface area (Å²) in [6.45, 7) is 2.07. The third-order valence-electron chi connectivity index (χ3n) is 2.97. The lowest BCUT2D eigenvalue weighted by Crippen LogP contribution is -2.10. The minimum absolute atomic E-state index is 0.0747. The van der Waals surface area contributed by atoms with E-state index in [2.05, 4.69) is 0 Å². The van der Waals surface area contributed by atoms with E-state index in [9.17, 15) is 9.59 Å². The van der Waals surface area contributed by atoms with Crippen LogP contribution in [0.15, 0.2) is 30.3 Å². The van der Waals surface area contributed by atoms with Crippen LogP contribution in [0.3, 0.4) is 0 Å². The van der Waals surface area contributed by atoms with E-state index in [4.69, 9.17) is 10.5 Å². The fourth-order valence-corrected chi connectivity index (χ4v) is 2.09. The number of fused-ring (bicyclic) bond motifs is 1. The molecule has 0 spiro atoms. The van der Waals surface area contributed by atoms with E-state index in [1.165, 1.54) is 0 Å². The highest BCUT2D eigenvalue weighted by molar-refractivity contribution is 6.04. The summed E-state index contributed by atoms with van der Waals surface area (Å²) in [5.41, 5.74) is 7.37. The molecule has 0 bridgehead atoms. The zero-order chi connectivity index (χ0) is 13.8. The minimum Gasteiger partial charge on any atom is -0.466 e. The second-order valence-electron chi connectivity index (χ2n) is 4.18. The molecule has 2 aromatic carbocycles. The first-order chi connectivity index (χ1) is 9.17. The molecule has 0 unspecified atom stereocenters. The maximum atomic E-state index is 11.5. The normalized spacial score (nSPS) is 10.4. The molecule has 0 saturated carbocycles. The highest BCUT2D eigenvalue weighted by Crippen LogP contribution is 2.27. The van der Waals surface area contributed by atoms with Gasteiger partial charge in [-0.1, -0.05) is 24.3 Å². The van der Waals surface area contributed by atoms with Crippen molar-refractivity contribution in [1.29, 1.82) is 0 Å². The van der Waals surface area contributed by atoms with Gasteiger partial charge in [-0.15, -0.1) is 0 Å². The average molecular weight is 257 g/mol. The predicted molar refractivity (Wildman–Crippen MR) is 74.1 cm³/mol. The topological polar surface area (TPSA) is 69.4 Å². The Kier molecular flexibility index (Phi) is 3.80. The largest absolute Gasteiger partial charge is 0.466 e. The van der Waals surface area contributed by atoms with Gasteiger partial charge in [-0.3, -0.25) is 9.59 Å². The summed E-state index contributed by atoms with van der Waals surface area (Å²) in [7, 11) is 0. The van der Waals surface area contributed by atoms with Crippen molar-refractivity contribution < 1.29 is 14.3 Å². The molecule has 0 aliphatic rings. The smallest absolute Gasteiger partial charge is 0.310 e. The molecule has 0 fully saturated rings. The zero-order valence-electron chi connectivity index (χ0n) is 10.7. The van der Waals surface area contributed by atoms with E-state index in [0.29, 0.717) is 23.4 Å². The Bertz CT molecular complexity index is 635. The van der Waals surface area contributed by atoms with Crippen molar-refractivity contribution in [1.82, 2.24) is 0 Å². The molecule has 0 saturated heterocycles. The molecule has 4 heteroatoms. The molecule has 0 amide bonds. The quantitative estimate of drug-likeness (QED) is 0.518. The maximum Gasteiger partial charge on any atom is 0.310 e. The van der Waals surface area contributed by atoms with Crippen LogP contribution >= 0.6 is 0 Å². The Balaban J connectivity index is 2.53. The van der Waals surface area contributed by atoms with Crippen LogP contribution in [-0.4, -0.2) is 18.9 Å². The SMILES string of the molecule is CCOC(=O)Cc1cc2ccccc2c(C=O)c1N. The van der Waals surface area contributed by atoms with Crippen molar-refractivity contribution in [2.75, 3.05) is 12.3 Å². The zero-order valence-corrected chi connectivity index (χ0v) is 10.7. The van der Waals surface area contributed by atoms with E-state index in [-0.39, 0.29) is 12.4 Å². The lowest BCUT2D eigenvalue weighted by Gasteiger charge is -2.11. The van der Waals surface area contributed by atoms with Crippen molar-refractivity contribution >= 4 is 28.7 Å². The first-order valence-electron chi connectivity index (χ1n) is 6.08. The van der Waals surface area contributed by atoms with Gasteiger partial charge in [0.1, 0.15) is 0 Å². The van der Waals surface area contributed by atoms with Gasteiger partial charge in [-0.25, -0.2) is 0 Å². The summed E-state index contributed by atoms with van der Waals surface area (Å²) in [6, 6.07) is 9.27. The molecular formula is C15H15NO3. The molecule has 0 aromatic heterocycles. The van der Waals surface area contributed by atoms with E-state index >= 15 is 0 Å². The monoisotopic (exact) mass is 257 g/mol. The van der Waals surface area contributed by atoms with Crippen LogP contribution < -0.4 is 5.73 Å². The van der Waals surface area contributed by atoms with Crippen molar-refractivity contribution in [2.24, 2.45) is 0 Å². The molecule has 0 atom stereocenters. The summed E-state index contributed by atoms with van der Waals surface area (Å²) in [6.07, 6.45) is 0.803. The molecule has 4 nitrogen and oxygen atoms in total. The summed E-state index contributed by atoms with van der Waals surface area (Å²) < 4.78 is 4.90. The highest BCUT2D eigenvalue weighted by atomic mass is 16.5. The molecule has 98 valence electrons. The summed E-state index contributed by atoms with van der Waals surface area (Å²) in [5.74, 6) is -0.346. The predicted octanol–water partition coefficient (Wildman–Crippen LogP) is 2.34. The number of aldehydes is 1. The second kappa shape index (κ2) is 5.52.